The SMILES string of the molecule is CC(C)CCC[C@@H](C)[C@H]1CC[C@H]2[C@@H]3CC=C4CC(OC(=O)NCCOCCOCCN=C([O-])CCC(=O)N[C@@H](Cc5ccccc5)C(=O)O)CC[C@]4(C)[C@H]3CC[C@]12C.[Na+]. The van der Waals surface area contributed by atoms with E-state index in [1.54, 1.807) is 24.3 Å². The van der Waals surface area contributed by atoms with Gasteiger partial charge in [-0.1, -0.05) is 95.9 Å². The van der Waals surface area contributed by atoms with Crippen LogP contribution in [0.4, 0.5) is 4.79 Å². The van der Waals surface area contributed by atoms with Crippen molar-refractivity contribution < 1.29 is 68.4 Å². The van der Waals surface area contributed by atoms with Crippen LogP contribution in [0.1, 0.15) is 124 Å². The smallest absolute Gasteiger partial charge is 0.862 e. The van der Waals surface area contributed by atoms with Crippen molar-refractivity contribution in [3.63, 3.8) is 0 Å². The maximum atomic E-state index is 12.7. The molecule has 3 fully saturated rings. The largest absolute Gasteiger partial charge is 1.00 e. The van der Waals surface area contributed by atoms with Crippen molar-refractivity contribution in [2.24, 2.45) is 51.3 Å². The second-order valence-electron chi connectivity index (χ2n) is 18.6. The number of amides is 2. The average Bonchev–Trinajstić information content (AvgIpc) is 3.55. The van der Waals surface area contributed by atoms with Crippen LogP contribution in [0, 0.1) is 46.3 Å². The van der Waals surface area contributed by atoms with E-state index >= 15 is 0 Å². The molecule has 3 N–H and O–H groups in total. The van der Waals surface area contributed by atoms with E-state index in [1.807, 2.05) is 6.07 Å². The number of carbonyl (C=O) groups excluding carboxylic acids is 2. The van der Waals surface area contributed by atoms with Crippen LogP contribution in [0.5, 0.6) is 0 Å². The van der Waals surface area contributed by atoms with Crippen molar-refractivity contribution >= 4 is 23.9 Å². The van der Waals surface area contributed by atoms with Crippen LogP contribution >= 0.6 is 0 Å². The van der Waals surface area contributed by atoms with E-state index in [9.17, 15) is 24.6 Å². The van der Waals surface area contributed by atoms with Crippen molar-refractivity contribution in [1.29, 1.82) is 0 Å². The van der Waals surface area contributed by atoms with Gasteiger partial charge >= 0.3 is 41.6 Å². The molecule has 12 heteroatoms. The molecule has 5 rings (SSSR count). The molecule has 324 valence electrons. The van der Waals surface area contributed by atoms with E-state index in [1.165, 1.54) is 56.9 Å². The fourth-order valence-electron chi connectivity index (χ4n) is 11.3. The topological polar surface area (TPSA) is 159 Å². The molecule has 59 heavy (non-hydrogen) atoms. The first-order valence-electron chi connectivity index (χ1n) is 22.4. The van der Waals surface area contributed by atoms with Gasteiger partial charge in [0, 0.05) is 25.8 Å². The molecular formula is C47H72N3NaO8. The van der Waals surface area contributed by atoms with Gasteiger partial charge in [0.05, 0.1) is 33.0 Å². The van der Waals surface area contributed by atoms with Gasteiger partial charge in [-0.3, -0.25) is 4.79 Å². The van der Waals surface area contributed by atoms with Gasteiger partial charge in [0.1, 0.15) is 12.1 Å². The summed E-state index contributed by atoms with van der Waals surface area (Å²) >= 11 is 0. The maximum Gasteiger partial charge on any atom is 1.00 e. The summed E-state index contributed by atoms with van der Waals surface area (Å²) in [5, 5.41) is 26.9. The number of rotatable bonds is 22. The number of aliphatic imine (C=N–C) groups is 1. The number of allylic oxidation sites excluding steroid dienone is 1. The first-order valence-corrected chi connectivity index (χ1v) is 22.4. The second kappa shape index (κ2) is 23.7. The Hall–Kier alpha value is -2.44. The molecule has 0 saturated heterocycles. The van der Waals surface area contributed by atoms with Gasteiger partial charge in [0.25, 0.3) is 0 Å². The molecule has 0 spiro atoms. The van der Waals surface area contributed by atoms with Gasteiger partial charge in [-0.25, -0.2) is 9.59 Å². The average molecular weight is 830 g/mol. The number of carboxylic acids is 1. The number of ether oxygens (including phenoxy) is 3. The minimum atomic E-state index is -1.13. The molecule has 4 aliphatic carbocycles. The van der Waals surface area contributed by atoms with Crippen LogP contribution in [-0.2, 0) is 30.2 Å². The van der Waals surface area contributed by atoms with Crippen LogP contribution in [-0.4, -0.2) is 80.6 Å². The molecule has 0 heterocycles. The minimum absolute atomic E-state index is 0. The normalized spacial score (nSPS) is 28.5. The molecule has 9 atom stereocenters. The van der Waals surface area contributed by atoms with E-state index in [4.69, 9.17) is 14.2 Å². The number of carboxylic acid groups (broad SMARTS) is 1. The molecule has 3 saturated carbocycles. The Kier molecular flexibility index (Phi) is 19.8. The van der Waals surface area contributed by atoms with Gasteiger partial charge in [0.2, 0.25) is 5.91 Å². The number of nitrogens with one attached hydrogen (secondary N) is 2. The number of hydrogen-bond acceptors (Lipinski definition) is 8. The van der Waals surface area contributed by atoms with E-state index in [0.29, 0.717) is 31.8 Å². The van der Waals surface area contributed by atoms with Gasteiger partial charge in [-0.15, -0.1) is 0 Å². The fourth-order valence-corrected chi connectivity index (χ4v) is 11.3. The molecule has 0 bridgehead atoms. The Morgan fingerprint density at radius 3 is 2.41 bits per heavy atom. The van der Waals surface area contributed by atoms with Crippen molar-refractivity contribution in [2.45, 2.75) is 137 Å². The molecule has 1 aromatic rings. The summed E-state index contributed by atoms with van der Waals surface area (Å²) in [6, 6.07) is 7.96. The second-order valence-corrected chi connectivity index (χ2v) is 18.6. The predicted octanol–water partition coefficient (Wildman–Crippen LogP) is 4.51. The monoisotopic (exact) mass is 830 g/mol. The molecule has 4 aliphatic rings. The summed E-state index contributed by atoms with van der Waals surface area (Å²) in [7, 11) is 0. The van der Waals surface area contributed by atoms with Gasteiger partial charge < -0.3 is 40.0 Å². The van der Waals surface area contributed by atoms with Gasteiger partial charge in [-0.05, 0) is 109 Å². The van der Waals surface area contributed by atoms with Crippen LogP contribution in [0.15, 0.2) is 47.0 Å². The predicted molar refractivity (Wildman–Crippen MR) is 224 cm³/mol. The van der Waals surface area contributed by atoms with Crippen molar-refractivity contribution in [1.82, 2.24) is 10.6 Å². The van der Waals surface area contributed by atoms with Gasteiger partial charge in [-0.2, -0.15) is 0 Å². The molecule has 2 amide bonds. The molecular weight excluding hydrogens is 758 g/mol. The summed E-state index contributed by atoms with van der Waals surface area (Å²) in [5.74, 6) is 2.76. The summed E-state index contributed by atoms with van der Waals surface area (Å²) in [4.78, 5) is 40.4. The quantitative estimate of drug-likeness (QED) is 0.0507. The zero-order chi connectivity index (χ0) is 41.7. The first-order chi connectivity index (χ1) is 27.8. The van der Waals surface area contributed by atoms with Crippen LogP contribution < -0.4 is 45.3 Å². The van der Waals surface area contributed by atoms with Crippen LogP contribution in [0.25, 0.3) is 0 Å². The molecule has 0 aromatic heterocycles. The summed E-state index contributed by atoms with van der Waals surface area (Å²) in [5.41, 5.74) is 3.02. The molecule has 11 nitrogen and oxygen atoms in total. The number of alkyl carbamates (subject to hydrolysis) is 1. The summed E-state index contributed by atoms with van der Waals surface area (Å²) < 4.78 is 17.0. The fraction of sp³-hybridized carbons (Fsp3) is 0.745. The van der Waals surface area contributed by atoms with Crippen molar-refractivity contribution in [2.75, 3.05) is 39.5 Å². The number of nitrogens with zero attached hydrogens (tertiary/aromatic N) is 1. The zero-order valence-electron chi connectivity index (χ0n) is 37.0. The number of aliphatic carboxylic acids is 1. The maximum absolute atomic E-state index is 12.7. The number of benzene rings is 1. The molecule has 0 radical (unpaired) electrons. The first kappa shape index (κ1) is 49.2. The third-order valence-electron chi connectivity index (χ3n) is 14.4. The number of hydrogen-bond donors (Lipinski definition) is 3. The number of carbonyl (C=O) groups is 3. The van der Waals surface area contributed by atoms with E-state index in [-0.39, 0.29) is 73.5 Å². The molecule has 0 aliphatic heterocycles. The van der Waals surface area contributed by atoms with E-state index < -0.39 is 29.9 Å². The third-order valence-corrected chi connectivity index (χ3v) is 14.4. The van der Waals surface area contributed by atoms with Crippen molar-refractivity contribution in [3.8, 4) is 0 Å². The summed E-state index contributed by atoms with van der Waals surface area (Å²) in [6.07, 6.45) is 15.6. The van der Waals surface area contributed by atoms with E-state index in [2.05, 4.69) is 56.3 Å². The van der Waals surface area contributed by atoms with Crippen molar-refractivity contribution in [3.05, 3.63) is 47.5 Å². The van der Waals surface area contributed by atoms with Crippen LogP contribution in [0.2, 0.25) is 0 Å². The van der Waals surface area contributed by atoms with Gasteiger partial charge in [0.15, 0.2) is 0 Å². The zero-order valence-corrected chi connectivity index (χ0v) is 39.0. The van der Waals surface area contributed by atoms with Crippen LogP contribution in [0.3, 0.4) is 0 Å². The molecule has 1 unspecified atom stereocenters. The Morgan fingerprint density at radius 2 is 1.68 bits per heavy atom. The minimum Gasteiger partial charge on any atom is -0.862 e. The third kappa shape index (κ3) is 13.8. The summed E-state index contributed by atoms with van der Waals surface area (Å²) in [6.45, 7) is 14.1. The van der Waals surface area contributed by atoms with E-state index in [0.717, 1.165) is 60.3 Å². The molecule has 1 aromatic carbocycles. The Bertz CT molecular complexity index is 1560. The Morgan fingerprint density at radius 1 is 0.932 bits per heavy atom. The Balaban J connectivity index is 0.00000769. The Labute approximate surface area is 376 Å². The standard InChI is InChI=1S/C47H73N3O8.Na/c1-32(2)10-9-11-33(3)38-16-17-39-37-15-14-35-31-36(20-22-46(35,4)40(37)21-23-47(38,39)5)58-45(55)49-25-27-57-29-28-56-26-24-48-42(51)18-19-43(52)50-41(44(53)54)30-34-12-7-6-8-13-34;/h6-8,12-14,32-33,36-41H,9-11,15-31H2,1-5H3,(H,48,51)(H,49,55)(H,50,52)(H,53,54);/q;+1/p-1/t33-,36?,37+,38-,39+,40+,41+,46+,47-;/m1./s1. The number of fused-ring (bicyclic) bond motifs is 5.